The molecule has 10 nitrogen and oxygen atoms in total. The zero-order valence-corrected chi connectivity index (χ0v) is 20.1. The van der Waals surface area contributed by atoms with E-state index in [-0.39, 0.29) is 11.6 Å². The highest BCUT2D eigenvalue weighted by Gasteiger charge is 2.32. The minimum Gasteiger partial charge on any atom is -0.497 e. The first-order valence-corrected chi connectivity index (χ1v) is 11.6. The number of aromatic amines is 1. The molecule has 4 aromatic rings. The Labute approximate surface area is 203 Å². The van der Waals surface area contributed by atoms with Crippen molar-refractivity contribution in [1.82, 2.24) is 35.0 Å². The molecule has 182 valence electrons. The molecule has 2 aromatic heterocycles. The molecule has 1 fully saturated rings. The summed E-state index contributed by atoms with van der Waals surface area (Å²) in [6, 6.07) is 15.1. The van der Waals surface area contributed by atoms with Gasteiger partial charge in [0.15, 0.2) is 5.82 Å². The van der Waals surface area contributed by atoms with Crippen LogP contribution in [0.15, 0.2) is 53.3 Å². The molecule has 0 radical (unpaired) electrons. The molecule has 2 aromatic carbocycles. The van der Waals surface area contributed by atoms with E-state index in [1.165, 1.54) is 0 Å². The third-order valence-electron chi connectivity index (χ3n) is 6.58. The average Bonchev–Trinajstić information content (AvgIpc) is 3.33. The monoisotopic (exact) mass is 475 g/mol. The van der Waals surface area contributed by atoms with E-state index in [2.05, 4.69) is 37.4 Å². The molecule has 0 unspecified atom stereocenters. The van der Waals surface area contributed by atoms with Crippen molar-refractivity contribution in [2.24, 2.45) is 0 Å². The van der Waals surface area contributed by atoms with E-state index in [9.17, 15) is 4.79 Å². The number of rotatable bonds is 7. The lowest BCUT2D eigenvalue weighted by molar-refractivity contribution is 0.121. The number of hydrogen-bond donors (Lipinski definition) is 1. The number of nitrogens with zero attached hydrogens (tertiary/aromatic N) is 6. The van der Waals surface area contributed by atoms with Gasteiger partial charge < -0.3 is 19.4 Å². The lowest BCUT2D eigenvalue weighted by Gasteiger charge is -2.37. The number of fused-ring (bicyclic) bond motifs is 1. The summed E-state index contributed by atoms with van der Waals surface area (Å²) in [5, 5.41) is 13.6. The fourth-order valence-electron chi connectivity index (χ4n) is 4.53. The quantitative estimate of drug-likeness (QED) is 0.433. The summed E-state index contributed by atoms with van der Waals surface area (Å²) in [5.41, 5.74) is 2.23. The molecule has 0 saturated carbocycles. The van der Waals surface area contributed by atoms with Crippen molar-refractivity contribution in [2.75, 3.05) is 47.4 Å². The van der Waals surface area contributed by atoms with Crippen LogP contribution in [-0.4, -0.2) is 82.4 Å². The number of aromatic nitrogens is 5. The second-order valence-electron chi connectivity index (χ2n) is 8.79. The zero-order valence-electron chi connectivity index (χ0n) is 20.1. The third kappa shape index (κ3) is 4.75. The number of pyridine rings is 1. The van der Waals surface area contributed by atoms with Crippen LogP contribution in [0.4, 0.5) is 0 Å². The summed E-state index contributed by atoms with van der Waals surface area (Å²) in [6.45, 7) is 3.89. The Morgan fingerprint density at radius 1 is 0.971 bits per heavy atom. The van der Waals surface area contributed by atoms with Crippen molar-refractivity contribution in [3.8, 4) is 11.5 Å². The van der Waals surface area contributed by atoms with Gasteiger partial charge in [-0.15, -0.1) is 5.10 Å². The van der Waals surface area contributed by atoms with Gasteiger partial charge in [-0.25, -0.2) is 4.68 Å². The lowest BCUT2D eigenvalue weighted by atomic mass is 10.0. The van der Waals surface area contributed by atoms with Gasteiger partial charge in [-0.05, 0) is 58.8 Å². The van der Waals surface area contributed by atoms with Gasteiger partial charge in [0.1, 0.15) is 17.5 Å². The van der Waals surface area contributed by atoms with Crippen LogP contribution in [0.1, 0.15) is 23.0 Å². The Kier molecular flexibility index (Phi) is 6.47. The molecule has 1 aliphatic heterocycles. The van der Waals surface area contributed by atoms with Gasteiger partial charge in [-0.1, -0.05) is 12.1 Å². The number of likely N-dealkylation sites (N-methyl/N-ethyl adjacent to an activating group) is 1. The Hall–Kier alpha value is -3.76. The molecule has 0 amide bonds. The zero-order chi connectivity index (χ0) is 24.4. The predicted molar refractivity (Wildman–Crippen MR) is 132 cm³/mol. The molecule has 1 aliphatic rings. The topological polar surface area (TPSA) is 101 Å². The number of hydrogen-bond acceptors (Lipinski definition) is 8. The summed E-state index contributed by atoms with van der Waals surface area (Å²) in [4.78, 5) is 21.0. The van der Waals surface area contributed by atoms with Gasteiger partial charge in [0.05, 0.1) is 26.3 Å². The first kappa shape index (κ1) is 23.0. The summed E-state index contributed by atoms with van der Waals surface area (Å²) < 4.78 is 12.4. The van der Waals surface area contributed by atoms with Crippen molar-refractivity contribution in [2.45, 2.75) is 12.6 Å². The molecule has 5 rings (SSSR count). The Balaban J connectivity index is 1.57. The van der Waals surface area contributed by atoms with Crippen LogP contribution in [0.3, 0.4) is 0 Å². The predicted octanol–water partition coefficient (Wildman–Crippen LogP) is 1.92. The molecular formula is C25H29N7O3. The van der Waals surface area contributed by atoms with E-state index in [0.717, 1.165) is 48.4 Å². The number of ether oxygens (including phenoxy) is 2. The van der Waals surface area contributed by atoms with Gasteiger partial charge in [0, 0.05) is 37.8 Å². The first-order valence-electron chi connectivity index (χ1n) is 11.6. The van der Waals surface area contributed by atoms with Gasteiger partial charge in [-0.3, -0.25) is 9.69 Å². The van der Waals surface area contributed by atoms with Gasteiger partial charge in [0.2, 0.25) is 0 Å². The maximum Gasteiger partial charge on any atom is 0.253 e. The SMILES string of the molecule is COc1ccc(Cn2nnnc2[C@H](c2cc3ccc(OC)cc3[nH]c2=O)N2CCN(C)CC2)cc1. The van der Waals surface area contributed by atoms with Crippen LogP contribution in [0.5, 0.6) is 11.5 Å². The van der Waals surface area contributed by atoms with E-state index in [0.29, 0.717) is 23.7 Å². The standard InChI is InChI=1S/C25H29N7O3/c1-30-10-12-31(13-11-30)23(21-14-18-6-9-20(35-3)15-22(18)26-25(21)33)24-27-28-29-32(24)16-17-4-7-19(34-2)8-5-17/h4-9,14-15,23H,10-13,16H2,1-3H3,(H,26,33)/t23-/m0/s1. The Morgan fingerprint density at radius 2 is 1.69 bits per heavy atom. The normalized spacial score (nSPS) is 15.9. The van der Waals surface area contributed by atoms with Crippen LogP contribution in [-0.2, 0) is 6.54 Å². The fourth-order valence-corrected chi connectivity index (χ4v) is 4.53. The van der Waals surface area contributed by atoms with Crippen LogP contribution < -0.4 is 15.0 Å². The second kappa shape index (κ2) is 9.85. The molecule has 35 heavy (non-hydrogen) atoms. The van der Waals surface area contributed by atoms with Crippen molar-refractivity contribution in [3.05, 3.63) is 75.8 Å². The fraction of sp³-hybridized carbons (Fsp3) is 0.360. The van der Waals surface area contributed by atoms with Crippen molar-refractivity contribution in [3.63, 3.8) is 0 Å². The van der Waals surface area contributed by atoms with E-state index < -0.39 is 0 Å². The van der Waals surface area contributed by atoms with E-state index >= 15 is 0 Å². The van der Waals surface area contributed by atoms with Crippen LogP contribution >= 0.6 is 0 Å². The molecule has 3 heterocycles. The smallest absolute Gasteiger partial charge is 0.253 e. The molecule has 1 saturated heterocycles. The number of tetrazole rings is 1. The molecule has 0 spiro atoms. The third-order valence-corrected chi connectivity index (χ3v) is 6.58. The number of nitrogens with one attached hydrogen (secondary N) is 1. The molecular weight excluding hydrogens is 446 g/mol. The second-order valence-corrected chi connectivity index (χ2v) is 8.79. The molecule has 1 N–H and O–H groups in total. The highest BCUT2D eigenvalue weighted by atomic mass is 16.5. The van der Waals surface area contributed by atoms with Crippen molar-refractivity contribution >= 4 is 10.9 Å². The van der Waals surface area contributed by atoms with E-state index in [1.807, 2.05) is 48.5 Å². The number of benzene rings is 2. The summed E-state index contributed by atoms with van der Waals surface area (Å²) >= 11 is 0. The first-order chi connectivity index (χ1) is 17.1. The number of piperazine rings is 1. The maximum absolute atomic E-state index is 13.4. The Bertz CT molecular complexity index is 1360. The highest BCUT2D eigenvalue weighted by molar-refractivity contribution is 5.80. The van der Waals surface area contributed by atoms with E-state index in [1.54, 1.807) is 18.9 Å². The minimum atomic E-state index is -0.382. The maximum atomic E-state index is 13.4. The Morgan fingerprint density at radius 3 is 2.40 bits per heavy atom. The van der Waals surface area contributed by atoms with Crippen LogP contribution in [0.2, 0.25) is 0 Å². The van der Waals surface area contributed by atoms with Crippen LogP contribution in [0.25, 0.3) is 10.9 Å². The van der Waals surface area contributed by atoms with E-state index in [4.69, 9.17) is 9.47 Å². The summed E-state index contributed by atoms with van der Waals surface area (Å²) in [5.74, 6) is 2.13. The largest absolute Gasteiger partial charge is 0.497 e. The van der Waals surface area contributed by atoms with Gasteiger partial charge in [-0.2, -0.15) is 0 Å². The molecule has 0 bridgehead atoms. The van der Waals surface area contributed by atoms with Gasteiger partial charge >= 0.3 is 0 Å². The molecule has 1 atom stereocenters. The summed E-state index contributed by atoms with van der Waals surface area (Å²) in [6.07, 6.45) is 0. The number of H-pyrrole nitrogens is 1. The lowest BCUT2D eigenvalue weighted by Crippen LogP contribution is -2.47. The van der Waals surface area contributed by atoms with Crippen molar-refractivity contribution in [1.29, 1.82) is 0 Å². The highest BCUT2D eigenvalue weighted by Crippen LogP contribution is 2.29. The molecule has 0 aliphatic carbocycles. The van der Waals surface area contributed by atoms with Crippen molar-refractivity contribution < 1.29 is 9.47 Å². The van der Waals surface area contributed by atoms with Gasteiger partial charge in [0.25, 0.3) is 5.56 Å². The summed E-state index contributed by atoms with van der Waals surface area (Å²) in [7, 11) is 5.36. The van der Waals surface area contributed by atoms with Crippen LogP contribution in [0, 0.1) is 0 Å². The number of methoxy groups -OCH3 is 2. The minimum absolute atomic E-state index is 0.159. The molecule has 10 heteroatoms. The average molecular weight is 476 g/mol.